The van der Waals surface area contributed by atoms with Crippen LogP contribution in [-0.4, -0.2) is 25.9 Å². The summed E-state index contributed by atoms with van der Waals surface area (Å²) in [5, 5.41) is 0. The number of ether oxygens (including phenoxy) is 2. The van der Waals surface area contributed by atoms with E-state index in [-0.39, 0.29) is 5.97 Å². The maximum atomic E-state index is 11.5. The predicted molar refractivity (Wildman–Crippen MR) is 82.6 cm³/mol. The van der Waals surface area contributed by atoms with Crippen LogP contribution in [0.2, 0.25) is 0 Å². The third kappa shape index (κ3) is 3.92. The lowest BCUT2D eigenvalue weighted by atomic mass is 10.2. The molecule has 0 aliphatic heterocycles. The third-order valence-corrected chi connectivity index (χ3v) is 2.87. The number of aliphatic imine (C=N–C) groups is 1. The molecule has 2 rings (SSSR count). The lowest BCUT2D eigenvalue weighted by molar-refractivity contribution is 0.0526. The van der Waals surface area contributed by atoms with Crippen LogP contribution in [0.25, 0.3) is 0 Å². The molecule has 0 saturated heterocycles. The maximum absolute atomic E-state index is 11.5. The molecule has 0 unspecified atom stereocenters. The van der Waals surface area contributed by atoms with Gasteiger partial charge in [-0.15, -0.1) is 0 Å². The van der Waals surface area contributed by atoms with Gasteiger partial charge in [-0.1, -0.05) is 12.1 Å². The topological polar surface area (TPSA) is 47.9 Å². The van der Waals surface area contributed by atoms with Gasteiger partial charge in [-0.25, -0.2) is 4.79 Å². The second-order valence-corrected chi connectivity index (χ2v) is 4.27. The van der Waals surface area contributed by atoms with E-state index in [1.807, 2.05) is 24.3 Å². The molecule has 4 nitrogen and oxygen atoms in total. The van der Waals surface area contributed by atoms with Crippen LogP contribution in [0, 0.1) is 0 Å². The number of hydrogen-bond donors (Lipinski definition) is 0. The van der Waals surface area contributed by atoms with Crippen LogP contribution in [0.5, 0.6) is 5.75 Å². The van der Waals surface area contributed by atoms with Crippen molar-refractivity contribution in [2.45, 2.75) is 6.92 Å². The summed E-state index contributed by atoms with van der Waals surface area (Å²) >= 11 is 0. The summed E-state index contributed by atoms with van der Waals surface area (Å²) < 4.78 is 10.2. The van der Waals surface area contributed by atoms with Crippen LogP contribution in [-0.2, 0) is 4.74 Å². The number of methoxy groups -OCH3 is 1. The molecule has 0 N–H and O–H groups in total. The minimum Gasteiger partial charge on any atom is -0.496 e. The fraction of sp³-hybridized carbons (Fsp3) is 0.176. The van der Waals surface area contributed by atoms with E-state index in [1.54, 1.807) is 44.5 Å². The van der Waals surface area contributed by atoms with Crippen LogP contribution in [0.1, 0.15) is 22.8 Å². The Morgan fingerprint density at radius 3 is 2.52 bits per heavy atom. The van der Waals surface area contributed by atoms with E-state index in [4.69, 9.17) is 9.47 Å². The lowest BCUT2D eigenvalue weighted by Crippen LogP contribution is -2.03. The van der Waals surface area contributed by atoms with Crippen molar-refractivity contribution in [1.29, 1.82) is 0 Å². The van der Waals surface area contributed by atoms with Gasteiger partial charge in [-0.05, 0) is 43.3 Å². The Morgan fingerprint density at radius 1 is 1.14 bits per heavy atom. The van der Waals surface area contributed by atoms with E-state index in [2.05, 4.69) is 4.99 Å². The molecule has 0 fully saturated rings. The van der Waals surface area contributed by atoms with E-state index >= 15 is 0 Å². The molecule has 2 aromatic carbocycles. The predicted octanol–water partition coefficient (Wildman–Crippen LogP) is 3.62. The summed E-state index contributed by atoms with van der Waals surface area (Å²) in [6.07, 6.45) is 1.73. The van der Waals surface area contributed by atoms with E-state index in [9.17, 15) is 4.79 Å². The molecule has 0 aliphatic carbocycles. The highest BCUT2D eigenvalue weighted by atomic mass is 16.5. The van der Waals surface area contributed by atoms with E-state index < -0.39 is 0 Å². The van der Waals surface area contributed by atoms with Crippen LogP contribution < -0.4 is 4.74 Å². The van der Waals surface area contributed by atoms with E-state index in [0.29, 0.717) is 12.2 Å². The van der Waals surface area contributed by atoms with Crippen molar-refractivity contribution in [2.75, 3.05) is 13.7 Å². The normalized spacial score (nSPS) is 10.6. The van der Waals surface area contributed by atoms with Gasteiger partial charge in [-0.2, -0.15) is 0 Å². The molecular formula is C17H17NO3. The fourth-order valence-electron chi connectivity index (χ4n) is 1.82. The van der Waals surface area contributed by atoms with Crippen molar-refractivity contribution in [3.8, 4) is 5.75 Å². The quantitative estimate of drug-likeness (QED) is 0.622. The van der Waals surface area contributed by atoms with E-state index in [1.165, 1.54) is 0 Å². The summed E-state index contributed by atoms with van der Waals surface area (Å²) in [6.45, 7) is 2.15. The molecule has 0 spiro atoms. The summed E-state index contributed by atoms with van der Waals surface area (Å²) in [4.78, 5) is 15.9. The zero-order valence-corrected chi connectivity index (χ0v) is 12.1. The fourth-order valence-corrected chi connectivity index (χ4v) is 1.82. The number of rotatable bonds is 5. The van der Waals surface area contributed by atoms with Gasteiger partial charge in [0.05, 0.1) is 25.0 Å². The first-order valence-electron chi connectivity index (χ1n) is 6.69. The Labute approximate surface area is 124 Å². The number of nitrogens with zero attached hydrogens (tertiary/aromatic N) is 1. The number of benzene rings is 2. The van der Waals surface area contributed by atoms with Gasteiger partial charge in [0.15, 0.2) is 0 Å². The lowest BCUT2D eigenvalue weighted by Gasteiger charge is -2.03. The number of carbonyl (C=O) groups is 1. The van der Waals surface area contributed by atoms with Crippen molar-refractivity contribution in [3.05, 3.63) is 59.7 Å². The highest BCUT2D eigenvalue weighted by Crippen LogP contribution is 2.18. The van der Waals surface area contributed by atoms with Gasteiger partial charge in [0, 0.05) is 11.8 Å². The summed E-state index contributed by atoms with van der Waals surface area (Å²) in [7, 11) is 1.63. The average Bonchev–Trinajstić information content (AvgIpc) is 2.54. The van der Waals surface area contributed by atoms with Crippen molar-refractivity contribution < 1.29 is 14.3 Å². The Kier molecular flexibility index (Phi) is 5.10. The summed E-state index contributed by atoms with van der Waals surface area (Å²) in [6, 6.07) is 14.6. The van der Waals surface area contributed by atoms with Crippen LogP contribution in [0.4, 0.5) is 5.69 Å². The smallest absolute Gasteiger partial charge is 0.338 e. The van der Waals surface area contributed by atoms with Crippen LogP contribution >= 0.6 is 0 Å². The zero-order chi connectivity index (χ0) is 15.1. The van der Waals surface area contributed by atoms with Gasteiger partial charge < -0.3 is 9.47 Å². The largest absolute Gasteiger partial charge is 0.496 e. The van der Waals surface area contributed by atoms with Crippen LogP contribution in [0.3, 0.4) is 0 Å². The molecule has 0 atom stereocenters. The molecule has 0 radical (unpaired) electrons. The van der Waals surface area contributed by atoms with Gasteiger partial charge in [0.1, 0.15) is 5.75 Å². The molecular weight excluding hydrogens is 266 g/mol. The SMILES string of the molecule is CCOC(=O)c1ccc(/N=C/c2ccccc2OC)cc1. The van der Waals surface area contributed by atoms with Crippen molar-refractivity contribution in [2.24, 2.45) is 4.99 Å². The van der Waals surface area contributed by atoms with Crippen molar-refractivity contribution in [1.82, 2.24) is 0 Å². The minimum absolute atomic E-state index is 0.322. The summed E-state index contributed by atoms with van der Waals surface area (Å²) in [5.41, 5.74) is 2.18. The maximum Gasteiger partial charge on any atom is 0.338 e. The standard InChI is InChI=1S/C17H17NO3/c1-3-21-17(19)13-8-10-15(11-9-13)18-12-14-6-4-5-7-16(14)20-2/h4-12H,3H2,1-2H3/b18-12+. The second kappa shape index (κ2) is 7.24. The molecule has 0 heterocycles. The van der Waals surface area contributed by atoms with Crippen molar-refractivity contribution in [3.63, 3.8) is 0 Å². The molecule has 2 aromatic rings. The molecule has 0 amide bonds. The van der Waals surface area contributed by atoms with Gasteiger partial charge in [0.2, 0.25) is 0 Å². The number of esters is 1. The first-order valence-corrected chi connectivity index (χ1v) is 6.69. The van der Waals surface area contributed by atoms with E-state index in [0.717, 1.165) is 17.0 Å². The molecule has 0 bridgehead atoms. The Hall–Kier alpha value is -2.62. The highest BCUT2D eigenvalue weighted by Gasteiger charge is 2.05. The number of carbonyl (C=O) groups excluding carboxylic acids is 1. The van der Waals surface area contributed by atoms with Gasteiger partial charge in [-0.3, -0.25) is 4.99 Å². The first kappa shape index (κ1) is 14.8. The second-order valence-electron chi connectivity index (χ2n) is 4.27. The number of para-hydroxylation sites is 1. The van der Waals surface area contributed by atoms with Gasteiger partial charge in [0.25, 0.3) is 0 Å². The van der Waals surface area contributed by atoms with Gasteiger partial charge >= 0.3 is 5.97 Å². The van der Waals surface area contributed by atoms with Crippen molar-refractivity contribution >= 4 is 17.9 Å². The molecule has 108 valence electrons. The molecule has 4 heteroatoms. The molecule has 21 heavy (non-hydrogen) atoms. The third-order valence-electron chi connectivity index (χ3n) is 2.87. The molecule has 0 saturated carbocycles. The Morgan fingerprint density at radius 2 is 1.86 bits per heavy atom. The molecule has 0 aromatic heterocycles. The number of hydrogen-bond acceptors (Lipinski definition) is 4. The zero-order valence-electron chi connectivity index (χ0n) is 12.1. The average molecular weight is 283 g/mol. The first-order chi connectivity index (χ1) is 10.2. The highest BCUT2D eigenvalue weighted by molar-refractivity contribution is 5.90. The molecule has 0 aliphatic rings. The van der Waals surface area contributed by atoms with Crippen LogP contribution in [0.15, 0.2) is 53.5 Å². The Balaban J connectivity index is 2.13. The monoisotopic (exact) mass is 283 g/mol. The minimum atomic E-state index is -0.322. The summed E-state index contributed by atoms with van der Waals surface area (Å²) in [5.74, 6) is 0.446. The Bertz CT molecular complexity index is 633.